The summed E-state index contributed by atoms with van der Waals surface area (Å²) >= 11 is 0. The van der Waals surface area contributed by atoms with Crippen LogP contribution < -0.4 is 15.7 Å². The molecule has 1 aromatic heterocycles. The quantitative estimate of drug-likeness (QED) is 0.564. The maximum absolute atomic E-state index is 5.33. The van der Waals surface area contributed by atoms with Gasteiger partial charge in [-0.2, -0.15) is 15.0 Å². The molecule has 1 heterocycles. The molecule has 0 aliphatic rings. The Hall–Kier alpha value is -2.07. The van der Waals surface area contributed by atoms with Crippen LogP contribution in [0.2, 0.25) is 0 Å². The van der Waals surface area contributed by atoms with E-state index in [0.29, 0.717) is 17.8 Å². The average molecular weight is 264 g/mol. The SMILES string of the molecule is C#CC(C)Nc1nc(NCCC)nc(N(C)OC)n1. The number of aromatic nitrogens is 3. The number of hydroxylamine groups is 1. The molecule has 0 amide bonds. The normalized spacial score (nSPS) is 11.5. The molecule has 1 atom stereocenters. The van der Waals surface area contributed by atoms with Crippen molar-refractivity contribution in [2.24, 2.45) is 0 Å². The second kappa shape index (κ2) is 7.38. The van der Waals surface area contributed by atoms with Crippen molar-refractivity contribution in [2.75, 3.05) is 36.4 Å². The van der Waals surface area contributed by atoms with Crippen molar-refractivity contribution in [1.29, 1.82) is 0 Å². The lowest BCUT2D eigenvalue weighted by molar-refractivity contribution is 0.180. The van der Waals surface area contributed by atoms with E-state index in [-0.39, 0.29) is 6.04 Å². The van der Waals surface area contributed by atoms with Crippen LogP contribution in [0.1, 0.15) is 20.3 Å². The van der Waals surface area contributed by atoms with Gasteiger partial charge >= 0.3 is 0 Å². The van der Waals surface area contributed by atoms with Gasteiger partial charge in [-0.25, -0.2) is 5.06 Å². The van der Waals surface area contributed by atoms with Gasteiger partial charge in [0.05, 0.1) is 13.2 Å². The summed E-state index contributed by atoms with van der Waals surface area (Å²) in [6.45, 7) is 4.70. The topological polar surface area (TPSA) is 75.2 Å². The number of rotatable bonds is 7. The third-order valence-electron chi connectivity index (χ3n) is 2.31. The van der Waals surface area contributed by atoms with E-state index in [4.69, 9.17) is 11.3 Å². The Bertz CT molecular complexity index is 444. The third kappa shape index (κ3) is 4.60. The molecule has 1 rings (SSSR count). The smallest absolute Gasteiger partial charge is 0.256 e. The van der Waals surface area contributed by atoms with Crippen molar-refractivity contribution < 1.29 is 4.84 Å². The Morgan fingerprint density at radius 3 is 2.63 bits per heavy atom. The van der Waals surface area contributed by atoms with E-state index in [1.54, 1.807) is 14.2 Å². The first-order chi connectivity index (χ1) is 9.10. The number of terminal acetylenes is 1. The van der Waals surface area contributed by atoms with E-state index < -0.39 is 0 Å². The standard InChI is InChI=1S/C12H20N6O/c1-6-8-13-10-15-11(14-9(3)7-2)17-12(16-10)18(4)19-5/h2,9H,6,8H2,1,3-5H3,(H2,13,14,15,16,17). The van der Waals surface area contributed by atoms with Crippen LogP contribution in [0.4, 0.5) is 17.8 Å². The third-order valence-corrected chi connectivity index (χ3v) is 2.31. The lowest BCUT2D eigenvalue weighted by Crippen LogP contribution is -2.22. The van der Waals surface area contributed by atoms with Crippen LogP contribution in [-0.4, -0.2) is 41.7 Å². The molecule has 0 aliphatic heterocycles. The zero-order chi connectivity index (χ0) is 14.3. The van der Waals surface area contributed by atoms with Crippen molar-refractivity contribution in [3.63, 3.8) is 0 Å². The molecular weight excluding hydrogens is 244 g/mol. The maximum atomic E-state index is 5.33. The molecule has 104 valence electrons. The van der Waals surface area contributed by atoms with Crippen molar-refractivity contribution in [1.82, 2.24) is 15.0 Å². The van der Waals surface area contributed by atoms with Gasteiger partial charge in [0.1, 0.15) is 0 Å². The number of nitrogens with one attached hydrogen (secondary N) is 2. The van der Waals surface area contributed by atoms with Crippen LogP contribution in [0.25, 0.3) is 0 Å². The molecule has 0 saturated heterocycles. The molecule has 7 heteroatoms. The zero-order valence-corrected chi connectivity index (χ0v) is 11.8. The van der Waals surface area contributed by atoms with Crippen LogP contribution in [0.3, 0.4) is 0 Å². The van der Waals surface area contributed by atoms with Gasteiger partial charge in [0.15, 0.2) is 0 Å². The molecule has 0 radical (unpaired) electrons. The molecule has 0 saturated carbocycles. The first-order valence-corrected chi connectivity index (χ1v) is 6.11. The summed E-state index contributed by atoms with van der Waals surface area (Å²) in [5.74, 6) is 3.87. The largest absolute Gasteiger partial charge is 0.354 e. The summed E-state index contributed by atoms with van der Waals surface area (Å²) in [4.78, 5) is 17.8. The maximum Gasteiger partial charge on any atom is 0.256 e. The molecule has 7 nitrogen and oxygen atoms in total. The highest BCUT2D eigenvalue weighted by Crippen LogP contribution is 2.13. The Morgan fingerprint density at radius 1 is 1.37 bits per heavy atom. The molecular formula is C12H20N6O. The summed E-state index contributed by atoms with van der Waals surface area (Å²) in [7, 11) is 3.26. The number of nitrogens with zero attached hydrogens (tertiary/aromatic N) is 4. The van der Waals surface area contributed by atoms with Gasteiger partial charge in [-0.1, -0.05) is 12.8 Å². The second-order valence-electron chi connectivity index (χ2n) is 3.92. The summed E-state index contributed by atoms with van der Waals surface area (Å²) in [5.41, 5.74) is 0. The monoisotopic (exact) mass is 264 g/mol. The second-order valence-corrected chi connectivity index (χ2v) is 3.92. The minimum atomic E-state index is -0.165. The molecule has 0 spiro atoms. The molecule has 0 fully saturated rings. The predicted octanol–water partition coefficient (Wildman–Crippen LogP) is 1.12. The van der Waals surface area contributed by atoms with Gasteiger partial charge in [-0.05, 0) is 13.3 Å². The predicted molar refractivity (Wildman–Crippen MR) is 75.9 cm³/mol. The molecule has 0 aromatic carbocycles. The number of hydrogen-bond acceptors (Lipinski definition) is 7. The molecule has 2 N–H and O–H groups in total. The molecule has 0 bridgehead atoms. The van der Waals surface area contributed by atoms with E-state index in [9.17, 15) is 0 Å². The minimum absolute atomic E-state index is 0.165. The highest BCUT2D eigenvalue weighted by atomic mass is 16.7. The number of hydrogen-bond donors (Lipinski definition) is 2. The van der Waals surface area contributed by atoms with Crippen LogP contribution in [-0.2, 0) is 4.84 Å². The fraction of sp³-hybridized carbons (Fsp3) is 0.583. The molecule has 1 aromatic rings. The molecule has 0 aliphatic carbocycles. The van der Waals surface area contributed by atoms with E-state index >= 15 is 0 Å². The molecule has 1 unspecified atom stereocenters. The van der Waals surface area contributed by atoms with Crippen molar-refractivity contribution in [3.8, 4) is 12.3 Å². The van der Waals surface area contributed by atoms with E-state index in [1.165, 1.54) is 5.06 Å². The Balaban J connectivity index is 2.98. The summed E-state index contributed by atoms with van der Waals surface area (Å²) in [6, 6.07) is -0.165. The fourth-order valence-corrected chi connectivity index (χ4v) is 1.20. The van der Waals surface area contributed by atoms with E-state index in [1.807, 2.05) is 6.92 Å². The Kier molecular flexibility index (Phi) is 5.82. The highest BCUT2D eigenvalue weighted by molar-refractivity contribution is 5.43. The molecule has 19 heavy (non-hydrogen) atoms. The van der Waals surface area contributed by atoms with E-state index in [0.717, 1.165) is 13.0 Å². The van der Waals surface area contributed by atoms with Crippen LogP contribution >= 0.6 is 0 Å². The van der Waals surface area contributed by atoms with Gasteiger partial charge in [-0.3, -0.25) is 4.84 Å². The van der Waals surface area contributed by atoms with Crippen molar-refractivity contribution >= 4 is 17.8 Å². The van der Waals surface area contributed by atoms with Gasteiger partial charge in [-0.15, -0.1) is 6.42 Å². The highest BCUT2D eigenvalue weighted by Gasteiger charge is 2.11. The first-order valence-electron chi connectivity index (χ1n) is 6.11. The van der Waals surface area contributed by atoms with Crippen molar-refractivity contribution in [2.45, 2.75) is 26.3 Å². The van der Waals surface area contributed by atoms with Crippen molar-refractivity contribution in [3.05, 3.63) is 0 Å². The first kappa shape index (κ1) is 15.0. The van der Waals surface area contributed by atoms with E-state index in [2.05, 4.69) is 38.4 Å². The van der Waals surface area contributed by atoms with Crippen LogP contribution in [0.15, 0.2) is 0 Å². The van der Waals surface area contributed by atoms with Gasteiger partial charge in [0, 0.05) is 13.6 Å². The Morgan fingerprint density at radius 2 is 2.05 bits per heavy atom. The lowest BCUT2D eigenvalue weighted by Gasteiger charge is -2.16. The van der Waals surface area contributed by atoms with Gasteiger partial charge in [0.2, 0.25) is 11.9 Å². The van der Waals surface area contributed by atoms with Gasteiger partial charge in [0.25, 0.3) is 5.95 Å². The average Bonchev–Trinajstić information content (AvgIpc) is 2.43. The van der Waals surface area contributed by atoms with Gasteiger partial charge < -0.3 is 10.6 Å². The van der Waals surface area contributed by atoms with Crippen LogP contribution in [0, 0.1) is 12.3 Å². The summed E-state index contributed by atoms with van der Waals surface area (Å²) < 4.78 is 0. The Labute approximate surface area is 113 Å². The fourth-order valence-electron chi connectivity index (χ4n) is 1.20. The summed E-state index contributed by atoms with van der Waals surface area (Å²) in [5, 5.41) is 7.57. The van der Waals surface area contributed by atoms with Crippen LogP contribution in [0.5, 0.6) is 0 Å². The zero-order valence-electron chi connectivity index (χ0n) is 11.8. The minimum Gasteiger partial charge on any atom is -0.354 e. The summed E-state index contributed by atoms with van der Waals surface area (Å²) in [6.07, 6.45) is 6.30. The number of anilines is 3. The lowest BCUT2D eigenvalue weighted by atomic mass is 10.4.